The Morgan fingerprint density at radius 2 is 1.95 bits per heavy atom. The molecular formula is C18H28N2O2. The van der Waals surface area contributed by atoms with Crippen molar-refractivity contribution in [1.82, 2.24) is 10.2 Å². The van der Waals surface area contributed by atoms with Crippen LogP contribution in [-0.2, 0) is 6.42 Å². The Morgan fingerprint density at radius 3 is 2.64 bits per heavy atom. The predicted molar refractivity (Wildman–Crippen MR) is 88.9 cm³/mol. The van der Waals surface area contributed by atoms with Crippen LogP contribution in [0.2, 0.25) is 0 Å². The molecule has 22 heavy (non-hydrogen) atoms. The smallest absolute Gasteiger partial charge is 0.317 e. The first kappa shape index (κ1) is 16.8. The van der Waals surface area contributed by atoms with Gasteiger partial charge in [-0.3, -0.25) is 0 Å². The van der Waals surface area contributed by atoms with E-state index in [1.54, 1.807) is 4.90 Å². The van der Waals surface area contributed by atoms with Crippen LogP contribution < -0.4 is 5.32 Å². The molecule has 0 aliphatic heterocycles. The van der Waals surface area contributed by atoms with Crippen molar-refractivity contribution in [2.75, 3.05) is 20.1 Å². The van der Waals surface area contributed by atoms with Crippen molar-refractivity contribution in [2.45, 2.75) is 45.1 Å². The number of nitrogens with one attached hydrogen (secondary N) is 1. The second kappa shape index (κ2) is 8.18. The standard InChI is InChI=1S/C18H28N2O2/c1-14-7-9-15(10-8-14)11-12-19-18(22)20(2)13-16-5-3-4-6-17(16)21/h7-10,16-17,21H,3-6,11-13H2,1-2H3,(H,19,22). The summed E-state index contributed by atoms with van der Waals surface area (Å²) in [6.45, 7) is 3.34. The fourth-order valence-corrected chi connectivity index (χ4v) is 3.04. The van der Waals surface area contributed by atoms with Crippen molar-refractivity contribution >= 4 is 6.03 Å². The number of benzene rings is 1. The molecule has 0 heterocycles. The zero-order valence-electron chi connectivity index (χ0n) is 13.7. The van der Waals surface area contributed by atoms with E-state index < -0.39 is 0 Å². The second-order valence-corrected chi connectivity index (χ2v) is 6.46. The third-order valence-corrected chi connectivity index (χ3v) is 4.53. The van der Waals surface area contributed by atoms with Crippen molar-refractivity contribution in [2.24, 2.45) is 5.92 Å². The summed E-state index contributed by atoms with van der Waals surface area (Å²) in [6.07, 6.45) is 4.73. The van der Waals surface area contributed by atoms with E-state index >= 15 is 0 Å². The number of aliphatic hydroxyl groups is 1. The van der Waals surface area contributed by atoms with Crippen LogP contribution in [0.5, 0.6) is 0 Å². The molecule has 2 rings (SSSR count). The summed E-state index contributed by atoms with van der Waals surface area (Å²) in [4.78, 5) is 13.8. The molecule has 0 bridgehead atoms. The highest BCUT2D eigenvalue weighted by Gasteiger charge is 2.25. The van der Waals surface area contributed by atoms with Crippen molar-refractivity contribution in [1.29, 1.82) is 0 Å². The number of aliphatic hydroxyl groups excluding tert-OH is 1. The van der Waals surface area contributed by atoms with Gasteiger partial charge in [-0.2, -0.15) is 0 Å². The van der Waals surface area contributed by atoms with Gasteiger partial charge >= 0.3 is 6.03 Å². The summed E-state index contributed by atoms with van der Waals surface area (Å²) in [5.41, 5.74) is 2.48. The molecule has 1 fully saturated rings. The molecule has 2 N–H and O–H groups in total. The van der Waals surface area contributed by atoms with Crippen molar-refractivity contribution in [3.63, 3.8) is 0 Å². The third-order valence-electron chi connectivity index (χ3n) is 4.53. The summed E-state index contributed by atoms with van der Waals surface area (Å²) in [5, 5.41) is 12.9. The molecule has 2 amide bonds. The van der Waals surface area contributed by atoms with Crippen LogP contribution in [-0.4, -0.2) is 42.3 Å². The molecule has 0 radical (unpaired) electrons. The number of nitrogens with zero attached hydrogens (tertiary/aromatic N) is 1. The van der Waals surface area contributed by atoms with Crippen LogP contribution in [0.25, 0.3) is 0 Å². The van der Waals surface area contributed by atoms with Gasteiger partial charge in [-0.25, -0.2) is 4.79 Å². The maximum absolute atomic E-state index is 12.1. The number of carbonyl (C=O) groups is 1. The Kier molecular flexibility index (Phi) is 6.25. The van der Waals surface area contributed by atoms with Crippen molar-refractivity contribution in [3.05, 3.63) is 35.4 Å². The average Bonchev–Trinajstić information content (AvgIpc) is 2.51. The number of amides is 2. The summed E-state index contributed by atoms with van der Waals surface area (Å²) >= 11 is 0. The van der Waals surface area contributed by atoms with E-state index in [9.17, 15) is 9.90 Å². The van der Waals surface area contributed by atoms with Gasteiger partial charge in [0.25, 0.3) is 0 Å². The Labute approximate surface area is 133 Å². The highest BCUT2D eigenvalue weighted by Crippen LogP contribution is 2.24. The Bertz CT molecular complexity index is 472. The largest absolute Gasteiger partial charge is 0.393 e. The first-order valence-electron chi connectivity index (χ1n) is 8.29. The van der Waals surface area contributed by atoms with E-state index in [-0.39, 0.29) is 18.1 Å². The maximum atomic E-state index is 12.1. The molecule has 1 aliphatic rings. The molecule has 2 unspecified atom stereocenters. The molecule has 0 spiro atoms. The fraction of sp³-hybridized carbons (Fsp3) is 0.611. The quantitative estimate of drug-likeness (QED) is 0.879. The Hall–Kier alpha value is -1.55. The van der Waals surface area contributed by atoms with Gasteiger partial charge in [0.2, 0.25) is 0 Å². The minimum atomic E-state index is -0.253. The average molecular weight is 304 g/mol. The van der Waals surface area contributed by atoms with Gasteiger partial charge in [0.15, 0.2) is 0 Å². The third kappa shape index (κ3) is 5.02. The van der Waals surface area contributed by atoms with E-state index in [4.69, 9.17) is 0 Å². The Balaban J connectivity index is 1.70. The minimum Gasteiger partial charge on any atom is -0.393 e. The Morgan fingerprint density at radius 1 is 1.27 bits per heavy atom. The number of hydrogen-bond donors (Lipinski definition) is 2. The van der Waals surface area contributed by atoms with Crippen molar-refractivity contribution < 1.29 is 9.90 Å². The number of rotatable bonds is 5. The van der Waals surface area contributed by atoms with Gasteiger partial charge in [-0.15, -0.1) is 0 Å². The number of urea groups is 1. The fourth-order valence-electron chi connectivity index (χ4n) is 3.04. The zero-order chi connectivity index (χ0) is 15.9. The van der Waals surface area contributed by atoms with E-state index in [0.717, 1.165) is 32.1 Å². The van der Waals surface area contributed by atoms with E-state index in [1.807, 2.05) is 7.05 Å². The summed E-state index contributed by atoms with van der Waals surface area (Å²) < 4.78 is 0. The van der Waals surface area contributed by atoms with Crippen LogP contribution in [0.15, 0.2) is 24.3 Å². The van der Waals surface area contributed by atoms with Gasteiger partial charge in [-0.05, 0) is 31.7 Å². The van der Waals surface area contributed by atoms with E-state index in [1.165, 1.54) is 11.1 Å². The topological polar surface area (TPSA) is 52.6 Å². The molecule has 1 aliphatic carbocycles. The summed E-state index contributed by atoms with van der Waals surface area (Å²) in [5.74, 6) is 0.224. The monoisotopic (exact) mass is 304 g/mol. The normalized spacial score (nSPS) is 21.4. The molecule has 1 aromatic carbocycles. The molecule has 1 aromatic rings. The highest BCUT2D eigenvalue weighted by molar-refractivity contribution is 5.73. The molecular weight excluding hydrogens is 276 g/mol. The molecule has 2 atom stereocenters. The van der Waals surface area contributed by atoms with Crippen LogP contribution in [0, 0.1) is 12.8 Å². The molecule has 4 nitrogen and oxygen atoms in total. The number of aryl methyl sites for hydroxylation is 1. The lowest BCUT2D eigenvalue weighted by atomic mass is 9.86. The first-order chi connectivity index (χ1) is 10.6. The van der Waals surface area contributed by atoms with Gasteiger partial charge < -0.3 is 15.3 Å². The van der Waals surface area contributed by atoms with Crippen molar-refractivity contribution in [3.8, 4) is 0 Å². The zero-order valence-corrected chi connectivity index (χ0v) is 13.7. The molecule has 0 saturated heterocycles. The predicted octanol–water partition coefficient (Wildman–Crippen LogP) is 2.73. The van der Waals surface area contributed by atoms with Crippen LogP contribution in [0.1, 0.15) is 36.8 Å². The van der Waals surface area contributed by atoms with Gasteiger partial charge in [-0.1, -0.05) is 42.7 Å². The lowest BCUT2D eigenvalue weighted by Gasteiger charge is -2.31. The molecule has 0 aromatic heterocycles. The maximum Gasteiger partial charge on any atom is 0.317 e. The van der Waals surface area contributed by atoms with Gasteiger partial charge in [0.1, 0.15) is 0 Å². The van der Waals surface area contributed by atoms with Crippen LogP contribution >= 0.6 is 0 Å². The molecule has 1 saturated carbocycles. The number of hydrogen-bond acceptors (Lipinski definition) is 2. The van der Waals surface area contributed by atoms with E-state index in [0.29, 0.717) is 13.1 Å². The van der Waals surface area contributed by atoms with Gasteiger partial charge in [0, 0.05) is 26.1 Å². The lowest BCUT2D eigenvalue weighted by molar-refractivity contribution is 0.0565. The van der Waals surface area contributed by atoms with Crippen LogP contribution in [0.3, 0.4) is 0 Å². The van der Waals surface area contributed by atoms with Gasteiger partial charge in [0.05, 0.1) is 6.10 Å². The second-order valence-electron chi connectivity index (χ2n) is 6.46. The SMILES string of the molecule is Cc1ccc(CCNC(=O)N(C)CC2CCCCC2O)cc1. The summed E-state index contributed by atoms with van der Waals surface area (Å²) in [7, 11) is 1.81. The first-order valence-corrected chi connectivity index (χ1v) is 8.29. The molecule has 122 valence electrons. The highest BCUT2D eigenvalue weighted by atomic mass is 16.3. The summed E-state index contributed by atoms with van der Waals surface area (Å²) in [6, 6.07) is 8.33. The van der Waals surface area contributed by atoms with Crippen LogP contribution in [0.4, 0.5) is 4.79 Å². The lowest BCUT2D eigenvalue weighted by Crippen LogP contribution is -2.43. The molecule has 4 heteroatoms. The van der Waals surface area contributed by atoms with E-state index in [2.05, 4.69) is 36.5 Å². The minimum absolute atomic E-state index is 0.0510. The number of carbonyl (C=O) groups excluding carboxylic acids is 1.